The largest absolute Gasteiger partial charge is 0.468 e. The van der Waals surface area contributed by atoms with Gasteiger partial charge in [-0.1, -0.05) is 0 Å². The zero-order valence-corrected chi connectivity index (χ0v) is 7.86. The number of likely N-dealkylation sites (tertiary alicyclic amines) is 1. The number of amides is 1. The van der Waals surface area contributed by atoms with Gasteiger partial charge in [0.05, 0.1) is 6.61 Å². The Kier molecular flexibility index (Phi) is 3.73. The average Bonchev–Trinajstić information content (AvgIpc) is 2.26. The molecule has 4 heteroatoms. The Labute approximate surface area is 77.8 Å². The summed E-state index contributed by atoms with van der Waals surface area (Å²) in [5, 5.41) is 0. The molecule has 0 aromatic heterocycles. The Morgan fingerprint density at radius 2 is 2.46 bits per heavy atom. The van der Waals surface area contributed by atoms with Gasteiger partial charge in [0.1, 0.15) is 0 Å². The molecule has 1 heterocycles. The van der Waals surface area contributed by atoms with E-state index in [9.17, 15) is 9.59 Å². The number of carbonyl (C=O) groups excluding carboxylic acids is 2. The first kappa shape index (κ1) is 10.0. The predicted octanol–water partition coefficient (Wildman–Crippen LogP) is 0.418. The summed E-state index contributed by atoms with van der Waals surface area (Å²) in [6.45, 7) is 1.64. The van der Waals surface area contributed by atoms with E-state index < -0.39 is 0 Å². The summed E-state index contributed by atoms with van der Waals surface area (Å²) in [4.78, 5) is 23.1. The molecule has 0 bridgehead atoms. The highest BCUT2D eigenvalue weighted by molar-refractivity contribution is 5.76. The molecular weight excluding hydrogens is 170 g/mol. The standard InChI is InChI=1S/C9H15NO3/c1-10-4-2-3-8(5-9(10)12)6-13-7-11/h7-8H,2-6H2,1H3. The zero-order chi connectivity index (χ0) is 9.68. The van der Waals surface area contributed by atoms with E-state index in [1.54, 1.807) is 4.90 Å². The monoisotopic (exact) mass is 185 g/mol. The molecule has 0 aliphatic carbocycles. The number of hydrogen-bond donors (Lipinski definition) is 0. The normalized spacial score (nSPS) is 23.9. The minimum absolute atomic E-state index is 0.150. The van der Waals surface area contributed by atoms with Crippen LogP contribution in [0, 0.1) is 5.92 Å². The van der Waals surface area contributed by atoms with E-state index in [0.29, 0.717) is 19.5 Å². The van der Waals surface area contributed by atoms with Crippen molar-refractivity contribution in [1.82, 2.24) is 4.90 Å². The van der Waals surface area contributed by atoms with Crippen LogP contribution in [0.4, 0.5) is 0 Å². The van der Waals surface area contributed by atoms with Crippen molar-refractivity contribution in [2.24, 2.45) is 5.92 Å². The molecule has 1 fully saturated rings. The fourth-order valence-corrected chi connectivity index (χ4v) is 1.56. The van der Waals surface area contributed by atoms with Crippen molar-refractivity contribution in [2.45, 2.75) is 19.3 Å². The first-order valence-electron chi connectivity index (χ1n) is 4.53. The lowest BCUT2D eigenvalue weighted by Crippen LogP contribution is -2.26. The molecule has 1 aliphatic rings. The summed E-state index contributed by atoms with van der Waals surface area (Å²) in [6, 6.07) is 0. The fourth-order valence-electron chi connectivity index (χ4n) is 1.56. The maximum absolute atomic E-state index is 11.4. The molecule has 0 spiro atoms. The number of hydrogen-bond acceptors (Lipinski definition) is 3. The number of carbonyl (C=O) groups is 2. The molecule has 1 saturated heterocycles. The van der Waals surface area contributed by atoms with Gasteiger partial charge < -0.3 is 9.64 Å². The highest BCUT2D eigenvalue weighted by atomic mass is 16.5. The molecule has 1 atom stereocenters. The predicted molar refractivity (Wildman–Crippen MR) is 47.0 cm³/mol. The van der Waals surface area contributed by atoms with Gasteiger partial charge in [-0.2, -0.15) is 0 Å². The second-order valence-corrected chi connectivity index (χ2v) is 3.46. The average molecular weight is 185 g/mol. The summed E-state index contributed by atoms with van der Waals surface area (Å²) >= 11 is 0. The lowest BCUT2D eigenvalue weighted by Gasteiger charge is -2.13. The highest BCUT2D eigenvalue weighted by Gasteiger charge is 2.21. The molecule has 0 aromatic carbocycles. The zero-order valence-electron chi connectivity index (χ0n) is 7.86. The molecule has 13 heavy (non-hydrogen) atoms. The molecule has 74 valence electrons. The second kappa shape index (κ2) is 4.84. The fraction of sp³-hybridized carbons (Fsp3) is 0.778. The molecular formula is C9H15NO3. The van der Waals surface area contributed by atoms with Gasteiger partial charge in [0.25, 0.3) is 6.47 Å². The van der Waals surface area contributed by atoms with Gasteiger partial charge >= 0.3 is 0 Å². The second-order valence-electron chi connectivity index (χ2n) is 3.46. The van der Waals surface area contributed by atoms with Gasteiger partial charge in [-0.05, 0) is 12.8 Å². The molecule has 0 saturated carbocycles. The molecule has 0 radical (unpaired) electrons. The first-order chi connectivity index (χ1) is 6.24. The molecule has 0 aromatic rings. The summed E-state index contributed by atoms with van der Waals surface area (Å²) in [5.74, 6) is 0.361. The summed E-state index contributed by atoms with van der Waals surface area (Å²) in [5.41, 5.74) is 0. The highest BCUT2D eigenvalue weighted by Crippen LogP contribution is 2.17. The molecule has 1 rings (SSSR count). The third-order valence-corrected chi connectivity index (χ3v) is 2.39. The quantitative estimate of drug-likeness (QED) is 0.598. The van der Waals surface area contributed by atoms with Crippen molar-refractivity contribution in [3.8, 4) is 0 Å². The van der Waals surface area contributed by atoms with E-state index in [-0.39, 0.29) is 11.8 Å². The smallest absolute Gasteiger partial charge is 0.293 e. The van der Waals surface area contributed by atoms with E-state index in [1.165, 1.54) is 0 Å². The van der Waals surface area contributed by atoms with Gasteiger partial charge in [-0.25, -0.2) is 0 Å². The van der Waals surface area contributed by atoms with Crippen LogP contribution in [-0.2, 0) is 14.3 Å². The van der Waals surface area contributed by atoms with Crippen molar-refractivity contribution in [2.75, 3.05) is 20.2 Å². The molecule has 1 aliphatic heterocycles. The van der Waals surface area contributed by atoms with Crippen molar-refractivity contribution < 1.29 is 14.3 Å². The van der Waals surface area contributed by atoms with Crippen LogP contribution >= 0.6 is 0 Å². The Balaban J connectivity index is 2.39. The van der Waals surface area contributed by atoms with Crippen LogP contribution in [-0.4, -0.2) is 37.5 Å². The van der Waals surface area contributed by atoms with Crippen LogP contribution in [0.2, 0.25) is 0 Å². The summed E-state index contributed by atoms with van der Waals surface area (Å²) in [7, 11) is 1.81. The van der Waals surface area contributed by atoms with E-state index in [0.717, 1.165) is 19.4 Å². The summed E-state index contributed by atoms with van der Waals surface area (Å²) < 4.78 is 4.66. The van der Waals surface area contributed by atoms with Crippen molar-refractivity contribution in [1.29, 1.82) is 0 Å². The first-order valence-corrected chi connectivity index (χ1v) is 4.53. The molecule has 0 N–H and O–H groups in total. The van der Waals surface area contributed by atoms with Crippen molar-refractivity contribution >= 4 is 12.4 Å². The van der Waals surface area contributed by atoms with Gasteiger partial charge in [-0.3, -0.25) is 9.59 Å². The lowest BCUT2D eigenvalue weighted by molar-refractivity contribution is -0.134. The van der Waals surface area contributed by atoms with Gasteiger partial charge in [0.2, 0.25) is 5.91 Å². The van der Waals surface area contributed by atoms with Crippen LogP contribution in [0.25, 0.3) is 0 Å². The minimum Gasteiger partial charge on any atom is -0.468 e. The molecule has 4 nitrogen and oxygen atoms in total. The Morgan fingerprint density at radius 3 is 3.15 bits per heavy atom. The van der Waals surface area contributed by atoms with Crippen LogP contribution in [0.5, 0.6) is 0 Å². The Hall–Kier alpha value is -1.06. The van der Waals surface area contributed by atoms with E-state index in [1.807, 2.05) is 7.05 Å². The van der Waals surface area contributed by atoms with E-state index >= 15 is 0 Å². The van der Waals surface area contributed by atoms with Crippen LogP contribution in [0.3, 0.4) is 0 Å². The Morgan fingerprint density at radius 1 is 1.69 bits per heavy atom. The van der Waals surface area contributed by atoms with Crippen LogP contribution in [0.1, 0.15) is 19.3 Å². The lowest BCUT2D eigenvalue weighted by atomic mass is 10.0. The van der Waals surface area contributed by atoms with Crippen LogP contribution < -0.4 is 0 Å². The van der Waals surface area contributed by atoms with Gasteiger partial charge in [-0.15, -0.1) is 0 Å². The number of nitrogens with zero attached hydrogens (tertiary/aromatic N) is 1. The van der Waals surface area contributed by atoms with Gasteiger partial charge in [0.15, 0.2) is 0 Å². The third-order valence-electron chi connectivity index (χ3n) is 2.39. The molecule has 1 amide bonds. The van der Waals surface area contributed by atoms with Crippen molar-refractivity contribution in [3.63, 3.8) is 0 Å². The maximum atomic E-state index is 11.4. The third kappa shape index (κ3) is 3.05. The number of ether oxygens (including phenoxy) is 1. The van der Waals surface area contributed by atoms with E-state index in [4.69, 9.17) is 0 Å². The van der Waals surface area contributed by atoms with Crippen molar-refractivity contribution in [3.05, 3.63) is 0 Å². The summed E-state index contributed by atoms with van der Waals surface area (Å²) in [6.07, 6.45) is 2.46. The van der Waals surface area contributed by atoms with Gasteiger partial charge in [0, 0.05) is 25.9 Å². The van der Waals surface area contributed by atoms with E-state index in [2.05, 4.69) is 4.74 Å². The topological polar surface area (TPSA) is 46.6 Å². The number of rotatable bonds is 3. The minimum atomic E-state index is 0.150. The van der Waals surface area contributed by atoms with Crippen LogP contribution in [0.15, 0.2) is 0 Å². The molecule has 1 unspecified atom stereocenters. The SMILES string of the molecule is CN1CCCC(COC=O)CC1=O. The maximum Gasteiger partial charge on any atom is 0.293 e. The Bertz CT molecular complexity index is 193.